The number of carbonyl (C=O) groups excluding carboxylic acids is 3. The average molecular weight is 410 g/mol. The summed E-state index contributed by atoms with van der Waals surface area (Å²) in [5.74, 6) is -1.62. The number of esters is 1. The number of amidine groups is 1. The molecular weight excluding hydrogens is 392 g/mol. The minimum Gasteiger partial charge on any atom is -0.466 e. The Morgan fingerprint density at radius 2 is 1.86 bits per heavy atom. The number of benzene rings is 2. The van der Waals surface area contributed by atoms with Crippen molar-refractivity contribution in [2.24, 2.45) is 10.2 Å². The molecule has 0 unspecified atom stereocenters. The van der Waals surface area contributed by atoms with Crippen LogP contribution >= 0.6 is 11.8 Å². The third-order valence-electron chi connectivity index (χ3n) is 3.82. The molecule has 0 spiro atoms. The summed E-state index contributed by atoms with van der Waals surface area (Å²) in [6.07, 6.45) is 1.07. The second kappa shape index (κ2) is 8.70. The predicted molar refractivity (Wildman–Crippen MR) is 112 cm³/mol. The summed E-state index contributed by atoms with van der Waals surface area (Å²) in [5, 5.41) is 11.1. The Morgan fingerprint density at radius 1 is 1.14 bits per heavy atom. The van der Waals surface area contributed by atoms with E-state index in [0.717, 1.165) is 33.6 Å². The minimum absolute atomic E-state index is 0.0972. The molecule has 0 bridgehead atoms. The highest BCUT2D eigenvalue weighted by Gasteiger charge is 2.35. The molecule has 0 radical (unpaired) electrons. The van der Waals surface area contributed by atoms with Crippen molar-refractivity contribution in [2.45, 2.75) is 13.8 Å². The quantitative estimate of drug-likeness (QED) is 0.362. The van der Waals surface area contributed by atoms with Crippen molar-refractivity contribution in [3.05, 3.63) is 59.0 Å². The van der Waals surface area contributed by atoms with Gasteiger partial charge in [0, 0.05) is 17.4 Å². The van der Waals surface area contributed by atoms with Gasteiger partial charge in [-0.05, 0) is 42.4 Å². The monoisotopic (exact) mass is 410 g/mol. The first-order valence-electron chi connectivity index (χ1n) is 8.60. The molecule has 9 heteroatoms. The molecule has 1 saturated heterocycles. The fraction of sp³-hybridized carbons (Fsp3) is 0.150. The molecule has 0 saturated carbocycles. The molecule has 1 fully saturated rings. The Balaban J connectivity index is 1.90. The lowest BCUT2D eigenvalue weighted by atomic mass is 10.0. The van der Waals surface area contributed by atoms with Gasteiger partial charge in [-0.15, -0.1) is 5.10 Å². The zero-order valence-corrected chi connectivity index (χ0v) is 16.8. The van der Waals surface area contributed by atoms with Crippen LogP contribution < -0.4 is 5.43 Å². The molecule has 1 aliphatic heterocycles. The number of amides is 2. The van der Waals surface area contributed by atoms with Crippen molar-refractivity contribution in [3.63, 3.8) is 0 Å². The van der Waals surface area contributed by atoms with Crippen molar-refractivity contribution in [3.8, 4) is 0 Å². The number of methoxy groups -OCH3 is 1. The summed E-state index contributed by atoms with van der Waals surface area (Å²) in [4.78, 5) is 36.8. The molecule has 2 aromatic rings. The second-order valence-corrected chi connectivity index (χ2v) is 7.17. The Kier molecular flexibility index (Phi) is 6.08. The van der Waals surface area contributed by atoms with E-state index in [9.17, 15) is 14.4 Å². The molecule has 148 valence electrons. The largest absolute Gasteiger partial charge is 0.466 e. The van der Waals surface area contributed by atoms with Crippen molar-refractivity contribution < 1.29 is 19.1 Å². The van der Waals surface area contributed by atoms with Gasteiger partial charge in [0.05, 0.1) is 12.0 Å². The van der Waals surface area contributed by atoms with Crippen LogP contribution in [0, 0.1) is 0 Å². The number of thioether (sulfide) groups is 1. The first-order valence-corrected chi connectivity index (χ1v) is 9.42. The number of nitrogens with zero attached hydrogens (tertiary/aromatic N) is 3. The number of nitrogens with one attached hydrogen (secondary N) is 1. The van der Waals surface area contributed by atoms with E-state index in [1.807, 2.05) is 30.3 Å². The molecule has 0 aromatic heterocycles. The molecule has 0 atom stereocenters. The third kappa shape index (κ3) is 4.52. The number of hydrogen-bond acceptors (Lipinski definition) is 7. The zero-order chi connectivity index (χ0) is 21.0. The van der Waals surface area contributed by atoms with Crippen LogP contribution in [0.5, 0.6) is 0 Å². The summed E-state index contributed by atoms with van der Waals surface area (Å²) >= 11 is 0.918. The van der Waals surface area contributed by atoms with Crippen molar-refractivity contribution in [1.29, 1.82) is 0 Å². The van der Waals surface area contributed by atoms with Gasteiger partial charge in [0.1, 0.15) is 0 Å². The number of ether oxygens (including phenoxy) is 1. The standard InChI is InChI=1S/C20H18N4O4S/c1-12(2)23-24-19(27)16(11-17(25)28-3)29-20(24)22-21-18(26)15-10-6-8-13-7-4-5-9-14(13)15/h4-11H,1-3H3,(H,21,26)/b16-11-,22-20-. The number of carbonyl (C=O) groups is 3. The van der Waals surface area contributed by atoms with Crippen LogP contribution in [-0.2, 0) is 14.3 Å². The Bertz CT molecular complexity index is 1080. The molecular formula is C20H18N4O4S. The fourth-order valence-corrected chi connectivity index (χ4v) is 3.40. The van der Waals surface area contributed by atoms with Gasteiger partial charge in [-0.25, -0.2) is 10.2 Å². The summed E-state index contributed by atoms with van der Waals surface area (Å²) in [6.45, 7) is 3.43. The molecule has 1 N–H and O–H groups in total. The first-order chi connectivity index (χ1) is 13.9. The third-order valence-corrected chi connectivity index (χ3v) is 4.78. The predicted octanol–water partition coefficient (Wildman–Crippen LogP) is 2.87. The highest BCUT2D eigenvalue weighted by molar-refractivity contribution is 8.18. The van der Waals surface area contributed by atoms with E-state index in [-0.39, 0.29) is 10.1 Å². The lowest BCUT2D eigenvalue weighted by molar-refractivity contribution is -0.135. The van der Waals surface area contributed by atoms with E-state index < -0.39 is 17.8 Å². The molecule has 29 heavy (non-hydrogen) atoms. The van der Waals surface area contributed by atoms with Gasteiger partial charge in [0.15, 0.2) is 0 Å². The van der Waals surface area contributed by atoms with Gasteiger partial charge in [-0.1, -0.05) is 36.4 Å². The fourth-order valence-electron chi connectivity index (χ4n) is 2.57. The van der Waals surface area contributed by atoms with Crippen LogP contribution in [0.25, 0.3) is 10.8 Å². The van der Waals surface area contributed by atoms with Crippen molar-refractivity contribution in [2.75, 3.05) is 7.11 Å². The maximum atomic E-state index is 12.7. The smallest absolute Gasteiger partial charge is 0.331 e. The SMILES string of the molecule is COC(=O)/C=C1\S/C(=N\NC(=O)c2cccc3ccccc23)N(N=C(C)C)C1=O. The van der Waals surface area contributed by atoms with Gasteiger partial charge >= 0.3 is 5.97 Å². The second-order valence-electron chi connectivity index (χ2n) is 6.16. The van der Waals surface area contributed by atoms with E-state index in [1.54, 1.807) is 26.0 Å². The van der Waals surface area contributed by atoms with Crippen LogP contribution in [0.15, 0.2) is 63.6 Å². The van der Waals surface area contributed by atoms with Gasteiger partial charge in [-0.2, -0.15) is 10.1 Å². The van der Waals surface area contributed by atoms with Crippen LogP contribution in [0.1, 0.15) is 24.2 Å². The Labute approximate surface area is 171 Å². The van der Waals surface area contributed by atoms with Crippen molar-refractivity contribution in [1.82, 2.24) is 10.4 Å². The van der Waals surface area contributed by atoms with Crippen molar-refractivity contribution >= 4 is 51.2 Å². The van der Waals surface area contributed by atoms with Crippen LogP contribution in [0.4, 0.5) is 0 Å². The average Bonchev–Trinajstić information content (AvgIpc) is 2.99. The summed E-state index contributed by atoms with van der Waals surface area (Å²) < 4.78 is 4.56. The first kappa shape index (κ1) is 20.3. The summed E-state index contributed by atoms with van der Waals surface area (Å²) in [7, 11) is 1.22. The number of rotatable bonds is 4. The molecule has 2 aromatic carbocycles. The van der Waals surface area contributed by atoms with E-state index in [1.165, 1.54) is 7.11 Å². The van der Waals surface area contributed by atoms with Gasteiger partial charge in [0.2, 0.25) is 5.17 Å². The molecule has 8 nitrogen and oxygen atoms in total. The van der Waals surface area contributed by atoms with Gasteiger partial charge < -0.3 is 4.74 Å². The van der Waals surface area contributed by atoms with E-state index in [0.29, 0.717) is 11.3 Å². The molecule has 0 aliphatic carbocycles. The van der Waals surface area contributed by atoms with Crippen LogP contribution in [0.3, 0.4) is 0 Å². The highest BCUT2D eigenvalue weighted by atomic mass is 32.2. The minimum atomic E-state index is -0.668. The molecule has 2 amide bonds. The lowest BCUT2D eigenvalue weighted by Crippen LogP contribution is -2.28. The zero-order valence-electron chi connectivity index (χ0n) is 16.0. The normalized spacial score (nSPS) is 16.4. The number of hydrogen-bond donors (Lipinski definition) is 1. The maximum Gasteiger partial charge on any atom is 0.331 e. The molecule has 1 heterocycles. The lowest BCUT2D eigenvalue weighted by Gasteiger charge is -2.10. The van der Waals surface area contributed by atoms with Crippen LogP contribution in [0.2, 0.25) is 0 Å². The Hall–Kier alpha value is -3.46. The molecule has 3 rings (SSSR count). The molecule has 1 aliphatic rings. The number of hydrazone groups is 2. The van der Waals surface area contributed by atoms with Gasteiger partial charge in [0.25, 0.3) is 11.8 Å². The van der Waals surface area contributed by atoms with Gasteiger partial charge in [-0.3, -0.25) is 9.59 Å². The van der Waals surface area contributed by atoms with E-state index in [4.69, 9.17) is 0 Å². The van der Waals surface area contributed by atoms with E-state index in [2.05, 4.69) is 20.4 Å². The maximum absolute atomic E-state index is 12.7. The summed E-state index contributed by atoms with van der Waals surface area (Å²) in [5.41, 5.74) is 3.52. The van der Waals surface area contributed by atoms with Crippen LogP contribution in [-0.4, -0.2) is 40.8 Å². The Morgan fingerprint density at radius 3 is 2.59 bits per heavy atom. The number of fused-ring (bicyclic) bond motifs is 1. The highest BCUT2D eigenvalue weighted by Crippen LogP contribution is 2.31. The topological polar surface area (TPSA) is 100 Å². The summed E-state index contributed by atoms with van der Waals surface area (Å²) in [6, 6.07) is 12.9. The van der Waals surface area contributed by atoms with E-state index >= 15 is 0 Å².